The van der Waals surface area contributed by atoms with Crippen LogP contribution in [0.5, 0.6) is 0 Å². The maximum absolute atomic E-state index is 4.62. The molecule has 0 bridgehead atoms. The summed E-state index contributed by atoms with van der Waals surface area (Å²) in [6.07, 6.45) is 1.93. The fourth-order valence-electron chi connectivity index (χ4n) is 2.30. The number of fused-ring (bicyclic) bond motifs is 1. The number of hydrogen-bond donors (Lipinski definition) is 0. The minimum atomic E-state index is 0.771. The first-order valence-corrected chi connectivity index (χ1v) is 6.08. The molecule has 0 saturated heterocycles. The van der Waals surface area contributed by atoms with E-state index in [9.17, 15) is 0 Å². The number of pyridine rings is 1. The molecule has 0 radical (unpaired) electrons. The third kappa shape index (κ3) is 1.88. The Balaban J connectivity index is 2.10. The van der Waals surface area contributed by atoms with Crippen molar-refractivity contribution >= 4 is 23.4 Å². The maximum atomic E-state index is 4.62. The molecule has 0 aliphatic carbocycles. The number of aryl methyl sites for hydroxylation is 2. The molecule has 3 heteroatoms. The van der Waals surface area contributed by atoms with Gasteiger partial charge >= 0.3 is 0 Å². The molecule has 3 nitrogen and oxygen atoms in total. The minimum Gasteiger partial charge on any atom is -0.319 e. The second-order valence-electron chi connectivity index (χ2n) is 4.56. The summed E-state index contributed by atoms with van der Waals surface area (Å²) in [5.41, 5.74) is 4.41. The Hall–Kier alpha value is -2.16. The normalized spacial score (nSPS) is 13.6. The number of aromatic nitrogens is 1. The Morgan fingerprint density at radius 2 is 1.94 bits per heavy atom. The summed E-state index contributed by atoms with van der Waals surface area (Å²) in [6, 6.07) is 12.4. The fourth-order valence-corrected chi connectivity index (χ4v) is 2.30. The van der Waals surface area contributed by atoms with Crippen LogP contribution in [0.15, 0.2) is 41.4 Å². The highest BCUT2D eigenvalue weighted by Crippen LogP contribution is 2.34. The van der Waals surface area contributed by atoms with Gasteiger partial charge < -0.3 is 4.90 Å². The van der Waals surface area contributed by atoms with Gasteiger partial charge in [-0.05, 0) is 43.7 Å². The van der Waals surface area contributed by atoms with Crippen LogP contribution in [0.4, 0.5) is 17.2 Å². The average molecular weight is 237 g/mol. The zero-order chi connectivity index (χ0) is 12.5. The zero-order valence-electron chi connectivity index (χ0n) is 10.6. The van der Waals surface area contributed by atoms with Crippen LogP contribution in [0.1, 0.15) is 11.3 Å². The lowest BCUT2D eigenvalue weighted by Gasteiger charge is -2.26. The number of anilines is 2. The molecular weight excluding hydrogens is 222 g/mol. The van der Waals surface area contributed by atoms with Crippen LogP contribution in [-0.4, -0.2) is 17.7 Å². The molecule has 1 aliphatic rings. The van der Waals surface area contributed by atoms with E-state index in [0.29, 0.717) is 0 Å². The number of nitrogens with zero attached hydrogens (tertiary/aromatic N) is 3. The van der Waals surface area contributed by atoms with E-state index in [2.05, 4.69) is 40.0 Å². The highest BCUT2D eigenvalue weighted by atomic mass is 15.2. The quantitative estimate of drug-likeness (QED) is 0.758. The number of hydrogen-bond acceptors (Lipinski definition) is 3. The van der Waals surface area contributed by atoms with E-state index in [0.717, 1.165) is 29.4 Å². The molecule has 0 spiro atoms. The van der Waals surface area contributed by atoms with Crippen LogP contribution >= 0.6 is 0 Å². The third-order valence-electron chi connectivity index (χ3n) is 3.03. The summed E-state index contributed by atoms with van der Waals surface area (Å²) in [4.78, 5) is 11.2. The first kappa shape index (κ1) is 11.0. The number of rotatable bonds is 1. The molecular formula is C15H15N3. The van der Waals surface area contributed by atoms with Crippen molar-refractivity contribution in [1.82, 2.24) is 4.98 Å². The van der Waals surface area contributed by atoms with E-state index < -0.39 is 0 Å². The molecule has 0 saturated carbocycles. The molecule has 0 fully saturated rings. The highest BCUT2D eigenvalue weighted by molar-refractivity contribution is 5.85. The van der Waals surface area contributed by atoms with Crippen molar-refractivity contribution in [3.05, 3.63) is 47.7 Å². The van der Waals surface area contributed by atoms with Crippen LogP contribution < -0.4 is 4.90 Å². The van der Waals surface area contributed by atoms with Gasteiger partial charge in [0.05, 0.1) is 17.9 Å². The molecule has 1 aromatic heterocycles. The van der Waals surface area contributed by atoms with Gasteiger partial charge in [-0.25, -0.2) is 4.98 Å². The van der Waals surface area contributed by atoms with E-state index in [-0.39, 0.29) is 0 Å². The first-order valence-electron chi connectivity index (χ1n) is 6.08. The second kappa shape index (κ2) is 4.26. The summed E-state index contributed by atoms with van der Waals surface area (Å²) >= 11 is 0. The molecule has 0 N–H and O–H groups in total. The lowest BCUT2D eigenvalue weighted by Crippen LogP contribution is -2.23. The Morgan fingerprint density at radius 3 is 2.78 bits per heavy atom. The van der Waals surface area contributed by atoms with Crippen LogP contribution in [0.25, 0.3) is 0 Å². The van der Waals surface area contributed by atoms with Gasteiger partial charge in [0.25, 0.3) is 0 Å². The van der Waals surface area contributed by atoms with Crippen molar-refractivity contribution in [2.24, 2.45) is 4.99 Å². The van der Waals surface area contributed by atoms with Crippen LogP contribution in [0.2, 0.25) is 0 Å². The smallest absolute Gasteiger partial charge is 0.133 e. The van der Waals surface area contributed by atoms with Crippen LogP contribution in [0, 0.1) is 13.8 Å². The van der Waals surface area contributed by atoms with Gasteiger partial charge in [-0.2, -0.15) is 0 Å². The molecule has 0 amide bonds. The predicted molar refractivity (Wildman–Crippen MR) is 75.3 cm³/mol. The standard InChI is InChI=1S/C15H15N3/c1-11-9-12(2)17-15(10-11)18-8-7-16-13-5-3-4-6-14(13)18/h3-7,9-10H,8H2,1-2H3. The topological polar surface area (TPSA) is 28.5 Å². The van der Waals surface area contributed by atoms with Crippen molar-refractivity contribution in [3.8, 4) is 0 Å². The molecule has 0 unspecified atom stereocenters. The summed E-state index contributed by atoms with van der Waals surface area (Å²) in [5, 5.41) is 0. The first-order chi connectivity index (χ1) is 8.74. The third-order valence-corrected chi connectivity index (χ3v) is 3.03. The number of para-hydroxylation sites is 2. The monoisotopic (exact) mass is 237 g/mol. The summed E-state index contributed by atoms with van der Waals surface area (Å²) in [7, 11) is 0. The number of benzene rings is 1. The highest BCUT2D eigenvalue weighted by Gasteiger charge is 2.16. The molecule has 1 aromatic carbocycles. The van der Waals surface area contributed by atoms with Gasteiger partial charge in [0.2, 0.25) is 0 Å². The van der Waals surface area contributed by atoms with E-state index in [4.69, 9.17) is 0 Å². The largest absolute Gasteiger partial charge is 0.319 e. The maximum Gasteiger partial charge on any atom is 0.133 e. The van der Waals surface area contributed by atoms with Gasteiger partial charge in [-0.15, -0.1) is 0 Å². The Kier molecular flexibility index (Phi) is 2.59. The Morgan fingerprint density at radius 1 is 1.11 bits per heavy atom. The zero-order valence-corrected chi connectivity index (χ0v) is 10.6. The van der Waals surface area contributed by atoms with Crippen molar-refractivity contribution in [2.45, 2.75) is 13.8 Å². The molecule has 3 rings (SSSR count). The van der Waals surface area contributed by atoms with Crippen molar-refractivity contribution in [3.63, 3.8) is 0 Å². The molecule has 2 heterocycles. The lowest BCUT2D eigenvalue weighted by atomic mass is 10.2. The van der Waals surface area contributed by atoms with Gasteiger partial charge in [0.1, 0.15) is 5.82 Å². The van der Waals surface area contributed by atoms with Gasteiger partial charge in [-0.1, -0.05) is 12.1 Å². The van der Waals surface area contributed by atoms with Gasteiger partial charge in [0, 0.05) is 11.9 Å². The molecule has 0 atom stereocenters. The summed E-state index contributed by atoms with van der Waals surface area (Å²) in [6.45, 7) is 4.90. The van der Waals surface area contributed by atoms with Crippen LogP contribution in [0.3, 0.4) is 0 Å². The van der Waals surface area contributed by atoms with Gasteiger partial charge in [-0.3, -0.25) is 4.99 Å². The minimum absolute atomic E-state index is 0.771. The molecule has 2 aromatic rings. The lowest BCUT2D eigenvalue weighted by molar-refractivity contribution is 1.04. The average Bonchev–Trinajstić information content (AvgIpc) is 2.37. The predicted octanol–water partition coefficient (Wildman–Crippen LogP) is 3.55. The molecule has 1 aliphatic heterocycles. The van der Waals surface area contributed by atoms with E-state index in [1.165, 1.54) is 5.56 Å². The number of aliphatic imine (C=N–C) groups is 1. The summed E-state index contributed by atoms with van der Waals surface area (Å²) in [5.74, 6) is 0.992. The van der Waals surface area contributed by atoms with Crippen molar-refractivity contribution in [1.29, 1.82) is 0 Å². The Bertz CT molecular complexity index is 597. The van der Waals surface area contributed by atoms with E-state index in [1.54, 1.807) is 0 Å². The summed E-state index contributed by atoms with van der Waals surface area (Å²) < 4.78 is 0. The second-order valence-corrected chi connectivity index (χ2v) is 4.56. The van der Waals surface area contributed by atoms with Crippen molar-refractivity contribution < 1.29 is 0 Å². The SMILES string of the molecule is Cc1cc(C)nc(N2CC=Nc3ccccc32)c1. The van der Waals surface area contributed by atoms with E-state index >= 15 is 0 Å². The van der Waals surface area contributed by atoms with Gasteiger partial charge in [0.15, 0.2) is 0 Å². The Labute approximate surface area is 107 Å². The van der Waals surface area contributed by atoms with Crippen molar-refractivity contribution in [2.75, 3.05) is 11.4 Å². The van der Waals surface area contributed by atoms with E-state index in [1.807, 2.05) is 31.3 Å². The molecule has 18 heavy (non-hydrogen) atoms. The van der Waals surface area contributed by atoms with Crippen LogP contribution in [-0.2, 0) is 0 Å². The molecule has 90 valence electrons. The fraction of sp³-hybridized carbons (Fsp3) is 0.200.